The molecule has 5 atom stereocenters. The van der Waals surface area contributed by atoms with Gasteiger partial charge < -0.3 is 36.9 Å². The summed E-state index contributed by atoms with van der Waals surface area (Å²) in [6, 6.07) is -4.64. The molecule has 0 saturated heterocycles. The summed E-state index contributed by atoms with van der Waals surface area (Å²) in [5.74, 6) is -2.96. The van der Waals surface area contributed by atoms with Crippen molar-refractivity contribution in [2.75, 3.05) is 17.8 Å². The standard InChI is InChI=1S/C18H30N6O6S2/c1-9(25)14(19)17(28)23-12(5-10-6-20-8-21-10)16(27)22-11(3-4-32-2)15(26)24-13(7-31)18(29)30/h6,8-9,11-14,25,31H,3-5,7,19H2,1-2H3,(H,20,21)(H,22,27)(H,23,28)(H,24,26)(H,29,30). The number of H-pyrrole nitrogens is 1. The average Bonchev–Trinajstić information content (AvgIpc) is 3.26. The molecule has 5 unspecified atom stereocenters. The van der Waals surface area contributed by atoms with Gasteiger partial charge in [0, 0.05) is 24.1 Å². The van der Waals surface area contributed by atoms with Crippen molar-refractivity contribution >= 4 is 48.1 Å². The fraction of sp³-hybridized carbons (Fsp3) is 0.611. The highest BCUT2D eigenvalue weighted by Gasteiger charge is 2.31. The van der Waals surface area contributed by atoms with Gasteiger partial charge in [0.15, 0.2) is 0 Å². The van der Waals surface area contributed by atoms with Crippen molar-refractivity contribution in [3.05, 3.63) is 18.2 Å². The van der Waals surface area contributed by atoms with Gasteiger partial charge in [-0.2, -0.15) is 24.4 Å². The minimum Gasteiger partial charge on any atom is -0.480 e. The first-order valence-corrected chi connectivity index (χ1v) is 11.8. The third kappa shape index (κ3) is 9.06. The lowest BCUT2D eigenvalue weighted by molar-refractivity contribution is -0.141. The maximum absolute atomic E-state index is 13.0. The van der Waals surface area contributed by atoms with Crippen molar-refractivity contribution in [1.82, 2.24) is 25.9 Å². The largest absolute Gasteiger partial charge is 0.480 e. The minimum absolute atomic E-state index is 0.0232. The Labute approximate surface area is 195 Å². The lowest BCUT2D eigenvalue weighted by Gasteiger charge is -2.25. The maximum atomic E-state index is 13.0. The van der Waals surface area contributed by atoms with Gasteiger partial charge in [-0.05, 0) is 25.4 Å². The number of rotatable bonds is 14. The van der Waals surface area contributed by atoms with Crippen LogP contribution in [0.2, 0.25) is 0 Å². The Bertz CT molecular complexity index is 763. The van der Waals surface area contributed by atoms with E-state index in [1.807, 2.05) is 6.26 Å². The molecule has 1 aromatic heterocycles. The second-order valence-electron chi connectivity index (χ2n) is 7.03. The molecule has 1 rings (SSSR count). The minimum atomic E-state index is -1.26. The quantitative estimate of drug-likeness (QED) is 0.134. The number of nitrogens with one attached hydrogen (secondary N) is 4. The number of carbonyl (C=O) groups excluding carboxylic acids is 3. The van der Waals surface area contributed by atoms with Gasteiger partial charge in [-0.25, -0.2) is 9.78 Å². The predicted octanol–water partition coefficient (Wildman–Crippen LogP) is -2.12. The molecular formula is C18H30N6O6S2. The number of nitrogens with two attached hydrogens (primary N) is 1. The number of aliphatic hydroxyl groups excluding tert-OH is 1. The molecule has 0 bridgehead atoms. The molecule has 0 spiro atoms. The number of amides is 3. The van der Waals surface area contributed by atoms with Crippen LogP contribution in [-0.2, 0) is 25.6 Å². The molecular weight excluding hydrogens is 460 g/mol. The molecule has 32 heavy (non-hydrogen) atoms. The molecule has 0 aromatic carbocycles. The van der Waals surface area contributed by atoms with Gasteiger partial charge in [0.1, 0.15) is 24.2 Å². The van der Waals surface area contributed by atoms with E-state index in [0.717, 1.165) is 0 Å². The van der Waals surface area contributed by atoms with Crippen molar-refractivity contribution in [2.24, 2.45) is 5.73 Å². The third-order valence-corrected chi connectivity index (χ3v) is 5.48. The SMILES string of the molecule is CSCCC(NC(=O)C(Cc1cnc[nH]1)NC(=O)C(N)C(C)O)C(=O)NC(CS)C(=O)O. The molecule has 180 valence electrons. The molecule has 8 N–H and O–H groups in total. The fourth-order valence-corrected chi connectivity index (χ4v) is 3.27. The average molecular weight is 491 g/mol. The van der Waals surface area contributed by atoms with Crippen LogP contribution in [0.25, 0.3) is 0 Å². The van der Waals surface area contributed by atoms with E-state index < -0.39 is 54.0 Å². The number of thiol groups is 1. The number of aromatic amines is 1. The Kier molecular flexibility index (Phi) is 12.1. The number of imidazole rings is 1. The smallest absolute Gasteiger partial charge is 0.327 e. The van der Waals surface area contributed by atoms with Crippen LogP contribution in [-0.4, -0.2) is 91.9 Å². The zero-order chi connectivity index (χ0) is 24.3. The lowest BCUT2D eigenvalue weighted by Crippen LogP contribution is -2.58. The maximum Gasteiger partial charge on any atom is 0.327 e. The normalized spacial score (nSPS) is 15.7. The van der Waals surface area contributed by atoms with Gasteiger partial charge in [-0.15, -0.1) is 0 Å². The van der Waals surface area contributed by atoms with E-state index in [0.29, 0.717) is 11.4 Å². The topological polar surface area (TPSA) is 200 Å². The van der Waals surface area contributed by atoms with Gasteiger partial charge >= 0.3 is 5.97 Å². The molecule has 0 radical (unpaired) electrons. The summed E-state index contributed by atoms with van der Waals surface area (Å²) in [5.41, 5.74) is 6.20. The van der Waals surface area contributed by atoms with E-state index in [9.17, 15) is 24.3 Å². The first-order chi connectivity index (χ1) is 15.1. The first kappa shape index (κ1) is 27.7. The molecule has 12 nitrogen and oxygen atoms in total. The van der Waals surface area contributed by atoms with E-state index in [4.69, 9.17) is 10.8 Å². The summed E-state index contributed by atoms with van der Waals surface area (Å²) in [5, 5.41) is 26.1. The highest BCUT2D eigenvalue weighted by atomic mass is 32.2. The highest BCUT2D eigenvalue weighted by Crippen LogP contribution is 2.06. The Morgan fingerprint density at radius 1 is 1.16 bits per heavy atom. The summed E-state index contributed by atoms with van der Waals surface area (Å²) >= 11 is 5.36. The van der Waals surface area contributed by atoms with Crippen molar-refractivity contribution in [1.29, 1.82) is 0 Å². The van der Waals surface area contributed by atoms with E-state index in [2.05, 4.69) is 38.5 Å². The van der Waals surface area contributed by atoms with E-state index in [-0.39, 0.29) is 18.6 Å². The first-order valence-electron chi connectivity index (χ1n) is 9.75. The van der Waals surface area contributed by atoms with E-state index >= 15 is 0 Å². The summed E-state index contributed by atoms with van der Waals surface area (Å²) in [4.78, 5) is 55.8. The Morgan fingerprint density at radius 2 is 1.75 bits per heavy atom. The van der Waals surface area contributed by atoms with Gasteiger partial charge in [0.25, 0.3) is 0 Å². The number of nitrogens with zero attached hydrogens (tertiary/aromatic N) is 1. The summed E-state index contributed by atoms with van der Waals surface area (Å²) in [7, 11) is 0. The highest BCUT2D eigenvalue weighted by molar-refractivity contribution is 7.98. The molecule has 1 heterocycles. The van der Waals surface area contributed by atoms with Gasteiger partial charge in [-0.3, -0.25) is 14.4 Å². The second-order valence-corrected chi connectivity index (χ2v) is 8.38. The molecule has 0 aliphatic carbocycles. The number of thioether (sulfide) groups is 1. The number of aliphatic hydroxyl groups is 1. The van der Waals surface area contributed by atoms with Gasteiger partial charge in [0.2, 0.25) is 17.7 Å². The zero-order valence-electron chi connectivity index (χ0n) is 17.8. The van der Waals surface area contributed by atoms with Gasteiger partial charge in [0.05, 0.1) is 12.4 Å². The fourth-order valence-electron chi connectivity index (χ4n) is 2.55. The monoisotopic (exact) mass is 490 g/mol. The molecule has 0 saturated carbocycles. The predicted molar refractivity (Wildman–Crippen MR) is 122 cm³/mol. The zero-order valence-corrected chi connectivity index (χ0v) is 19.5. The number of hydrogen-bond donors (Lipinski definition) is 8. The molecule has 0 aliphatic rings. The van der Waals surface area contributed by atoms with Crippen molar-refractivity contribution in [2.45, 2.75) is 50.0 Å². The van der Waals surface area contributed by atoms with Crippen molar-refractivity contribution < 1.29 is 29.4 Å². The van der Waals surface area contributed by atoms with Crippen molar-refractivity contribution in [3.63, 3.8) is 0 Å². The van der Waals surface area contributed by atoms with E-state index in [1.54, 1.807) is 0 Å². The number of aromatic nitrogens is 2. The summed E-state index contributed by atoms with van der Waals surface area (Å²) < 4.78 is 0. The summed E-state index contributed by atoms with van der Waals surface area (Å²) in [6.45, 7) is 1.34. The number of aliphatic carboxylic acids is 1. The van der Waals surface area contributed by atoms with Crippen LogP contribution in [0.15, 0.2) is 12.5 Å². The van der Waals surface area contributed by atoms with Crippen molar-refractivity contribution in [3.8, 4) is 0 Å². The van der Waals surface area contributed by atoms with Crippen LogP contribution in [0.4, 0.5) is 0 Å². The third-order valence-electron chi connectivity index (χ3n) is 4.48. The van der Waals surface area contributed by atoms with Crippen LogP contribution < -0.4 is 21.7 Å². The van der Waals surface area contributed by atoms with Crippen LogP contribution in [0, 0.1) is 0 Å². The Balaban J connectivity index is 3.00. The number of carbonyl (C=O) groups is 4. The molecule has 14 heteroatoms. The molecule has 1 aromatic rings. The van der Waals surface area contributed by atoms with Crippen LogP contribution in [0.3, 0.4) is 0 Å². The molecule has 0 aliphatic heterocycles. The van der Waals surface area contributed by atoms with Crippen LogP contribution >= 0.6 is 24.4 Å². The Morgan fingerprint density at radius 3 is 2.25 bits per heavy atom. The number of hydrogen-bond acceptors (Lipinski definition) is 9. The molecule has 0 fully saturated rings. The van der Waals surface area contributed by atoms with E-state index in [1.165, 1.54) is 31.2 Å². The lowest BCUT2D eigenvalue weighted by atomic mass is 10.1. The van der Waals surface area contributed by atoms with Crippen LogP contribution in [0.1, 0.15) is 19.0 Å². The number of carboxylic acid groups (broad SMARTS) is 1. The Hall–Kier alpha value is -2.29. The molecule has 3 amide bonds. The second kappa shape index (κ2) is 14.0. The van der Waals surface area contributed by atoms with Crippen LogP contribution in [0.5, 0.6) is 0 Å². The van der Waals surface area contributed by atoms with Gasteiger partial charge in [-0.1, -0.05) is 0 Å². The number of carboxylic acids is 1. The summed E-state index contributed by atoms with van der Waals surface area (Å²) in [6.07, 6.45) is 3.82.